The number of anilines is 1. The summed E-state index contributed by atoms with van der Waals surface area (Å²) in [5, 5.41) is 3.18. The van der Waals surface area contributed by atoms with Crippen molar-refractivity contribution >= 4 is 39.1 Å². The van der Waals surface area contributed by atoms with E-state index in [0.29, 0.717) is 27.4 Å². The van der Waals surface area contributed by atoms with Crippen LogP contribution in [0.1, 0.15) is 44.7 Å². The molecule has 0 saturated carbocycles. The number of carbonyl (C=O) groups excluding carboxylic acids is 2. The molecular weight excluding hydrogens is 531 g/mol. The maximum absolute atomic E-state index is 13.6. The molecule has 0 heterocycles. The molecule has 2 amide bonds. The Morgan fingerprint density at radius 1 is 1.05 bits per heavy atom. The zero-order valence-electron chi connectivity index (χ0n) is 21.0. The fourth-order valence-electron chi connectivity index (χ4n) is 3.62. The number of nitrogens with one attached hydrogen (secondary N) is 1. The predicted octanol–water partition coefficient (Wildman–Crippen LogP) is 4.85. The summed E-state index contributed by atoms with van der Waals surface area (Å²) < 4.78 is 65.6. The van der Waals surface area contributed by atoms with Crippen molar-refractivity contribution in [1.82, 2.24) is 10.2 Å². The summed E-state index contributed by atoms with van der Waals surface area (Å²) in [5.41, 5.74) is -0.851. The van der Waals surface area contributed by atoms with Gasteiger partial charge in [-0.15, -0.1) is 0 Å². The average molecular weight is 562 g/mol. The Kier molecular flexibility index (Phi) is 10.4. The summed E-state index contributed by atoms with van der Waals surface area (Å²) in [7, 11) is -4.17. The van der Waals surface area contributed by atoms with Crippen LogP contribution >= 0.6 is 11.6 Å². The van der Waals surface area contributed by atoms with Crippen LogP contribution < -0.4 is 9.62 Å². The summed E-state index contributed by atoms with van der Waals surface area (Å²) in [6, 6.07) is 9.26. The largest absolute Gasteiger partial charge is 0.416 e. The molecule has 0 fully saturated rings. The molecular formula is C25H31ClF3N3O4S. The molecule has 2 aromatic carbocycles. The molecule has 7 nitrogen and oxygen atoms in total. The molecule has 0 spiro atoms. The second-order valence-corrected chi connectivity index (χ2v) is 11.0. The molecule has 2 atom stereocenters. The van der Waals surface area contributed by atoms with Crippen molar-refractivity contribution in [3.05, 3.63) is 64.7 Å². The fraction of sp³-hybridized carbons (Fsp3) is 0.440. The van der Waals surface area contributed by atoms with Gasteiger partial charge in [-0.1, -0.05) is 49.7 Å². The van der Waals surface area contributed by atoms with Gasteiger partial charge in [0.1, 0.15) is 12.6 Å². The number of carbonyl (C=O) groups is 2. The van der Waals surface area contributed by atoms with Crippen LogP contribution in [-0.2, 0) is 32.3 Å². The molecule has 0 radical (unpaired) electrons. The van der Waals surface area contributed by atoms with E-state index in [2.05, 4.69) is 5.32 Å². The van der Waals surface area contributed by atoms with Gasteiger partial charge < -0.3 is 10.2 Å². The van der Waals surface area contributed by atoms with Gasteiger partial charge >= 0.3 is 6.18 Å². The number of halogens is 4. The molecule has 0 aliphatic rings. The lowest BCUT2D eigenvalue weighted by Gasteiger charge is -2.33. The van der Waals surface area contributed by atoms with Gasteiger partial charge in [0.2, 0.25) is 21.8 Å². The normalized spacial score (nSPS) is 13.5. The predicted molar refractivity (Wildman–Crippen MR) is 138 cm³/mol. The summed E-state index contributed by atoms with van der Waals surface area (Å²) in [6.07, 6.45) is -3.05. The summed E-state index contributed by atoms with van der Waals surface area (Å²) in [5.74, 6) is -1.20. The van der Waals surface area contributed by atoms with Crippen molar-refractivity contribution in [1.29, 1.82) is 0 Å². The Bertz CT molecular complexity index is 1210. The highest BCUT2D eigenvalue weighted by Gasteiger charge is 2.34. The lowest BCUT2D eigenvalue weighted by atomic mass is 10.1. The van der Waals surface area contributed by atoms with Crippen LogP contribution in [0, 0.1) is 0 Å². The Balaban J connectivity index is 2.51. The first-order valence-electron chi connectivity index (χ1n) is 11.7. The van der Waals surface area contributed by atoms with Gasteiger partial charge in [0, 0.05) is 17.6 Å². The van der Waals surface area contributed by atoms with E-state index >= 15 is 0 Å². The number of sulfonamides is 1. The van der Waals surface area contributed by atoms with Crippen molar-refractivity contribution in [2.45, 2.75) is 58.4 Å². The summed E-state index contributed by atoms with van der Waals surface area (Å²) in [6.45, 7) is 4.49. The molecule has 0 saturated heterocycles. The minimum absolute atomic E-state index is 0.106. The Morgan fingerprint density at radius 2 is 1.70 bits per heavy atom. The van der Waals surface area contributed by atoms with Crippen LogP contribution in [0.5, 0.6) is 0 Å². The third-order valence-electron chi connectivity index (χ3n) is 5.83. The minimum Gasteiger partial charge on any atom is -0.352 e. The number of alkyl halides is 3. The van der Waals surface area contributed by atoms with E-state index in [4.69, 9.17) is 11.6 Å². The highest BCUT2D eigenvalue weighted by molar-refractivity contribution is 7.92. The van der Waals surface area contributed by atoms with Crippen molar-refractivity contribution in [3.8, 4) is 0 Å². The molecule has 1 N–H and O–H groups in total. The maximum atomic E-state index is 13.6. The number of rotatable bonds is 11. The quantitative estimate of drug-likeness (QED) is 0.425. The van der Waals surface area contributed by atoms with Crippen LogP contribution in [0.4, 0.5) is 18.9 Å². The van der Waals surface area contributed by atoms with Crippen LogP contribution in [0.15, 0.2) is 48.5 Å². The monoisotopic (exact) mass is 561 g/mol. The van der Waals surface area contributed by atoms with Gasteiger partial charge in [-0.25, -0.2) is 8.42 Å². The van der Waals surface area contributed by atoms with Crippen molar-refractivity contribution in [2.24, 2.45) is 0 Å². The van der Waals surface area contributed by atoms with E-state index < -0.39 is 46.2 Å². The number of nitrogens with zero attached hydrogens (tertiary/aromatic N) is 2. The van der Waals surface area contributed by atoms with E-state index in [1.54, 1.807) is 31.2 Å². The van der Waals surface area contributed by atoms with Gasteiger partial charge in [-0.2, -0.15) is 13.2 Å². The lowest BCUT2D eigenvalue weighted by Crippen LogP contribution is -2.53. The van der Waals surface area contributed by atoms with E-state index in [-0.39, 0.29) is 24.7 Å². The van der Waals surface area contributed by atoms with Crippen molar-refractivity contribution in [3.63, 3.8) is 0 Å². The molecule has 0 aliphatic carbocycles. The van der Waals surface area contributed by atoms with Gasteiger partial charge in [-0.3, -0.25) is 13.9 Å². The van der Waals surface area contributed by atoms with Crippen LogP contribution in [-0.4, -0.2) is 50.0 Å². The van der Waals surface area contributed by atoms with E-state index in [9.17, 15) is 31.2 Å². The van der Waals surface area contributed by atoms with E-state index in [1.165, 1.54) is 11.0 Å². The highest BCUT2D eigenvalue weighted by Crippen LogP contribution is 2.32. The van der Waals surface area contributed by atoms with E-state index in [0.717, 1.165) is 18.4 Å². The van der Waals surface area contributed by atoms with Gasteiger partial charge in [0.25, 0.3) is 0 Å². The molecule has 2 aromatic rings. The average Bonchev–Trinajstić information content (AvgIpc) is 2.82. The van der Waals surface area contributed by atoms with Crippen molar-refractivity contribution < 1.29 is 31.2 Å². The number of benzene rings is 2. The number of hydrogen-bond donors (Lipinski definition) is 1. The first kappa shape index (κ1) is 30.4. The summed E-state index contributed by atoms with van der Waals surface area (Å²) >= 11 is 6.29. The standard InChI is InChI=1S/C25H31ClF3N3O4S/c1-5-17(3)30-24(34)22(6-2)31(15-18-10-7-8-13-21(18)26)23(33)16-32(37(4,35)36)20-12-9-11-19(14-20)25(27,28)29/h7-14,17,22H,5-6,15-16H2,1-4H3,(H,30,34)/t17-,22+/m1/s1. The van der Waals surface area contributed by atoms with Gasteiger partial charge in [0.05, 0.1) is 17.5 Å². The fourth-order valence-corrected chi connectivity index (χ4v) is 4.66. The van der Waals surface area contributed by atoms with Gasteiger partial charge in [-0.05, 0) is 49.6 Å². The Labute approximate surface area is 220 Å². The Morgan fingerprint density at radius 3 is 2.24 bits per heavy atom. The topological polar surface area (TPSA) is 86.8 Å². The second kappa shape index (κ2) is 12.6. The zero-order chi connectivity index (χ0) is 28.0. The summed E-state index contributed by atoms with van der Waals surface area (Å²) in [4.78, 5) is 27.9. The second-order valence-electron chi connectivity index (χ2n) is 8.67. The smallest absolute Gasteiger partial charge is 0.352 e. The molecule has 0 unspecified atom stereocenters. The SMILES string of the molecule is CC[C@@H](C)NC(=O)[C@H](CC)N(Cc1ccccc1Cl)C(=O)CN(c1cccc(C(F)(F)F)c1)S(C)(=O)=O. The molecule has 0 aromatic heterocycles. The Hall–Kier alpha value is -2.79. The van der Waals surface area contributed by atoms with E-state index in [1.807, 2.05) is 13.8 Å². The highest BCUT2D eigenvalue weighted by atomic mass is 35.5. The molecule has 204 valence electrons. The molecule has 2 rings (SSSR count). The first-order valence-corrected chi connectivity index (χ1v) is 13.9. The minimum atomic E-state index is -4.71. The lowest BCUT2D eigenvalue weighted by molar-refractivity contribution is -0.140. The first-order chi connectivity index (χ1) is 17.2. The number of amides is 2. The van der Waals surface area contributed by atoms with Crippen LogP contribution in [0.2, 0.25) is 5.02 Å². The van der Waals surface area contributed by atoms with Crippen LogP contribution in [0.25, 0.3) is 0 Å². The third kappa shape index (κ3) is 8.36. The molecule has 0 bridgehead atoms. The molecule has 12 heteroatoms. The zero-order valence-corrected chi connectivity index (χ0v) is 22.6. The third-order valence-corrected chi connectivity index (χ3v) is 7.34. The van der Waals surface area contributed by atoms with Gasteiger partial charge in [0.15, 0.2) is 0 Å². The van der Waals surface area contributed by atoms with Crippen molar-refractivity contribution in [2.75, 3.05) is 17.1 Å². The molecule has 0 aliphatic heterocycles. The molecule has 37 heavy (non-hydrogen) atoms. The number of hydrogen-bond acceptors (Lipinski definition) is 4. The van der Waals surface area contributed by atoms with Crippen LogP contribution in [0.3, 0.4) is 0 Å². The maximum Gasteiger partial charge on any atom is 0.416 e.